The minimum Gasteiger partial charge on any atom is -0.374 e. The largest absolute Gasteiger partial charge is 0.374 e. The molecule has 0 aromatic heterocycles. The standard InChI is InChI=1S/C11H24N2OS/c1-13-6-7-14-11(10-13)9-12-5-3-4-8-15-2/h11-12H,3-10H2,1-2H3. The molecule has 1 N–H and O–H groups in total. The minimum atomic E-state index is 0.393. The van der Waals surface area contributed by atoms with Gasteiger partial charge in [-0.15, -0.1) is 0 Å². The van der Waals surface area contributed by atoms with Crippen LogP contribution in [-0.2, 0) is 4.74 Å². The molecule has 0 bridgehead atoms. The van der Waals surface area contributed by atoms with Gasteiger partial charge in [-0.2, -0.15) is 11.8 Å². The van der Waals surface area contributed by atoms with E-state index in [1.807, 2.05) is 11.8 Å². The molecule has 1 unspecified atom stereocenters. The van der Waals surface area contributed by atoms with Crippen LogP contribution in [0.5, 0.6) is 0 Å². The smallest absolute Gasteiger partial charge is 0.0826 e. The summed E-state index contributed by atoms with van der Waals surface area (Å²) in [5.74, 6) is 1.28. The van der Waals surface area contributed by atoms with Crippen LogP contribution >= 0.6 is 11.8 Å². The summed E-state index contributed by atoms with van der Waals surface area (Å²) in [6.07, 6.45) is 5.16. The molecule has 1 heterocycles. The van der Waals surface area contributed by atoms with E-state index in [0.717, 1.165) is 32.8 Å². The molecule has 0 radical (unpaired) electrons. The van der Waals surface area contributed by atoms with Crippen molar-refractivity contribution in [3.63, 3.8) is 0 Å². The van der Waals surface area contributed by atoms with Gasteiger partial charge in [-0.05, 0) is 38.4 Å². The summed E-state index contributed by atoms with van der Waals surface area (Å²) in [5.41, 5.74) is 0. The third kappa shape index (κ3) is 6.40. The SMILES string of the molecule is CSCCCCNCC1CN(C)CCO1. The first-order valence-electron chi connectivity index (χ1n) is 5.82. The Hall–Kier alpha value is 0.230. The molecule has 1 rings (SSSR count). The number of unbranched alkanes of at least 4 members (excludes halogenated alkanes) is 1. The van der Waals surface area contributed by atoms with Gasteiger partial charge in [0.05, 0.1) is 12.7 Å². The highest BCUT2D eigenvalue weighted by Crippen LogP contribution is 2.02. The molecule has 0 saturated carbocycles. The van der Waals surface area contributed by atoms with Gasteiger partial charge in [0.15, 0.2) is 0 Å². The summed E-state index contributed by atoms with van der Waals surface area (Å²) < 4.78 is 5.67. The zero-order valence-corrected chi connectivity index (χ0v) is 10.8. The molecule has 0 spiro atoms. The van der Waals surface area contributed by atoms with Gasteiger partial charge in [0.1, 0.15) is 0 Å². The third-order valence-corrected chi connectivity index (χ3v) is 3.36. The lowest BCUT2D eigenvalue weighted by Crippen LogP contribution is -2.44. The lowest BCUT2D eigenvalue weighted by Gasteiger charge is -2.30. The highest BCUT2D eigenvalue weighted by Gasteiger charge is 2.16. The predicted molar refractivity (Wildman–Crippen MR) is 67.7 cm³/mol. The van der Waals surface area contributed by atoms with Gasteiger partial charge in [0, 0.05) is 19.6 Å². The molecule has 0 aliphatic carbocycles. The zero-order chi connectivity index (χ0) is 10.9. The topological polar surface area (TPSA) is 24.5 Å². The molecule has 0 amide bonds. The van der Waals surface area contributed by atoms with E-state index in [0.29, 0.717) is 6.10 Å². The van der Waals surface area contributed by atoms with Crippen LogP contribution in [0.4, 0.5) is 0 Å². The summed E-state index contributed by atoms with van der Waals surface area (Å²) in [4.78, 5) is 2.34. The molecule has 1 aliphatic rings. The summed E-state index contributed by atoms with van der Waals surface area (Å²) in [7, 11) is 2.16. The highest BCUT2D eigenvalue weighted by molar-refractivity contribution is 7.98. The normalized spacial score (nSPS) is 23.2. The van der Waals surface area contributed by atoms with E-state index in [1.165, 1.54) is 18.6 Å². The van der Waals surface area contributed by atoms with Crippen molar-refractivity contribution >= 4 is 11.8 Å². The van der Waals surface area contributed by atoms with Crippen LogP contribution in [0.15, 0.2) is 0 Å². The highest BCUT2D eigenvalue weighted by atomic mass is 32.2. The van der Waals surface area contributed by atoms with Crippen molar-refractivity contribution < 1.29 is 4.74 Å². The van der Waals surface area contributed by atoms with E-state index in [1.54, 1.807) is 0 Å². The minimum absolute atomic E-state index is 0.393. The van der Waals surface area contributed by atoms with Crippen molar-refractivity contribution in [3.8, 4) is 0 Å². The van der Waals surface area contributed by atoms with Gasteiger partial charge in [0.25, 0.3) is 0 Å². The molecule has 90 valence electrons. The molecule has 1 aliphatic heterocycles. The molecule has 1 atom stereocenters. The third-order valence-electron chi connectivity index (χ3n) is 2.67. The van der Waals surface area contributed by atoms with E-state index in [9.17, 15) is 0 Å². The van der Waals surface area contributed by atoms with Crippen molar-refractivity contribution in [1.82, 2.24) is 10.2 Å². The molecule has 1 fully saturated rings. The quantitative estimate of drug-likeness (QED) is 0.663. The van der Waals surface area contributed by atoms with E-state index >= 15 is 0 Å². The first kappa shape index (κ1) is 13.3. The maximum atomic E-state index is 5.67. The molecule has 3 nitrogen and oxygen atoms in total. The van der Waals surface area contributed by atoms with Gasteiger partial charge < -0.3 is 15.0 Å². The fourth-order valence-electron chi connectivity index (χ4n) is 1.75. The number of nitrogens with one attached hydrogen (secondary N) is 1. The van der Waals surface area contributed by atoms with Crippen molar-refractivity contribution in [1.29, 1.82) is 0 Å². The Labute approximate surface area is 97.9 Å². The molecular weight excluding hydrogens is 208 g/mol. The Balaban J connectivity index is 1.90. The second kappa shape index (κ2) is 8.39. The maximum Gasteiger partial charge on any atom is 0.0826 e. The van der Waals surface area contributed by atoms with E-state index in [2.05, 4.69) is 23.5 Å². The summed E-state index contributed by atoms with van der Waals surface area (Å²) >= 11 is 1.93. The molecule has 15 heavy (non-hydrogen) atoms. The van der Waals surface area contributed by atoms with Crippen molar-refractivity contribution in [2.75, 3.05) is 51.8 Å². The van der Waals surface area contributed by atoms with Crippen LogP contribution in [0.1, 0.15) is 12.8 Å². The average molecular weight is 232 g/mol. The number of nitrogens with zero attached hydrogens (tertiary/aromatic N) is 1. The Bertz CT molecular complexity index is 158. The fraction of sp³-hybridized carbons (Fsp3) is 1.00. The van der Waals surface area contributed by atoms with Gasteiger partial charge in [-0.1, -0.05) is 0 Å². The fourth-order valence-corrected chi connectivity index (χ4v) is 2.24. The van der Waals surface area contributed by atoms with Crippen molar-refractivity contribution in [2.24, 2.45) is 0 Å². The summed E-state index contributed by atoms with van der Waals surface area (Å²) in [5, 5.41) is 3.47. The van der Waals surface area contributed by atoms with Crippen LogP contribution in [0.3, 0.4) is 0 Å². The number of ether oxygens (including phenoxy) is 1. The number of thioether (sulfide) groups is 1. The van der Waals surface area contributed by atoms with Crippen LogP contribution in [0.2, 0.25) is 0 Å². The first-order chi connectivity index (χ1) is 7.33. The Morgan fingerprint density at radius 3 is 3.07 bits per heavy atom. The number of hydrogen-bond donors (Lipinski definition) is 1. The summed E-state index contributed by atoms with van der Waals surface area (Å²) in [6, 6.07) is 0. The average Bonchev–Trinajstić information content (AvgIpc) is 2.23. The molecule has 0 aromatic carbocycles. The van der Waals surface area contributed by atoms with Gasteiger partial charge in [-0.3, -0.25) is 0 Å². The van der Waals surface area contributed by atoms with E-state index in [4.69, 9.17) is 4.74 Å². The van der Waals surface area contributed by atoms with Gasteiger partial charge >= 0.3 is 0 Å². The Morgan fingerprint density at radius 2 is 2.33 bits per heavy atom. The van der Waals surface area contributed by atoms with Crippen LogP contribution < -0.4 is 5.32 Å². The monoisotopic (exact) mass is 232 g/mol. The molecule has 1 saturated heterocycles. The Morgan fingerprint density at radius 1 is 1.47 bits per heavy atom. The van der Waals surface area contributed by atoms with Crippen LogP contribution in [-0.4, -0.2) is 62.8 Å². The number of morpholine rings is 1. The van der Waals surface area contributed by atoms with Crippen LogP contribution in [0.25, 0.3) is 0 Å². The first-order valence-corrected chi connectivity index (χ1v) is 7.22. The number of likely N-dealkylation sites (N-methyl/N-ethyl adjacent to an activating group) is 1. The summed E-state index contributed by atoms with van der Waals surface area (Å²) in [6.45, 7) is 5.16. The predicted octanol–water partition coefficient (Wildman–Crippen LogP) is 1.05. The maximum absolute atomic E-state index is 5.67. The second-order valence-electron chi connectivity index (χ2n) is 4.16. The zero-order valence-electron chi connectivity index (χ0n) is 10.00. The molecule has 0 aromatic rings. The van der Waals surface area contributed by atoms with Gasteiger partial charge in [0.2, 0.25) is 0 Å². The van der Waals surface area contributed by atoms with Gasteiger partial charge in [-0.25, -0.2) is 0 Å². The van der Waals surface area contributed by atoms with Crippen molar-refractivity contribution in [2.45, 2.75) is 18.9 Å². The second-order valence-corrected chi connectivity index (χ2v) is 5.14. The Kier molecular flexibility index (Phi) is 7.44. The number of hydrogen-bond acceptors (Lipinski definition) is 4. The van der Waals surface area contributed by atoms with E-state index in [-0.39, 0.29) is 0 Å². The van der Waals surface area contributed by atoms with Crippen LogP contribution in [0, 0.1) is 0 Å². The molecular formula is C11H24N2OS. The van der Waals surface area contributed by atoms with E-state index < -0.39 is 0 Å². The van der Waals surface area contributed by atoms with Crippen molar-refractivity contribution in [3.05, 3.63) is 0 Å². The lowest BCUT2D eigenvalue weighted by molar-refractivity contribution is -0.0180. The molecule has 4 heteroatoms. The lowest BCUT2D eigenvalue weighted by atomic mass is 10.2. The number of rotatable bonds is 7.